The molecule has 1 aromatic carbocycles. The molecule has 6 heteroatoms. The first-order valence-corrected chi connectivity index (χ1v) is 4.70. The molecule has 0 N–H and O–H groups in total. The smallest absolute Gasteiger partial charge is 0.376 e. The predicted molar refractivity (Wildman–Crippen MR) is 55.8 cm³/mol. The summed E-state index contributed by atoms with van der Waals surface area (Å²) in [7, 11) is 1.20. The van der Waals surface area contributed by atoms with E-state index < -0.39 is 11.8 Å². The van der Waals surface area contributed by atoms with Crippen LogP contribution in [0, 0.1) is 5.82 Å². The number of benzene rings is 1. The fraction of sp³-hybridized carbons (Fsp3) is 0.100. The van der Waals surface area contributed by atoms with E-state index in [4.69, 9.17) is 11.6 Å². The summed E-state index contributed by atoms with van der Waals surface area (Å²) in [5, 5.41) is 0.570. The van der Waals surface area contributed by atoms with Crippen LogP contribution in [0.1, 0.15) is 10.6 Å². The van der Waals surface area contributed by atoms with Gasteiger partial charge < -0.3 is 4.74 Å². The second-order valence-electron chi connectivity index (χ2n) is 2.99. The third-order valence-electron chi connectivity index (χ3n) is 1.98. The van der Waals surface area contributed by atoms with E-state index >= 15 is 0 Å². The van der Waals surface area contributed by atoms with Gasteiger partial charge in [-0.25, -0.2) is 19.2 Å². The topological polar surface area (TPSA) is 52.1 Å². The van der Waals surface area contributed by atoms with Crippen LogP contribution in [0.15, 0.2) is 18.2 Å². The van der Waals surface area contributed by atoms with Crippen LogP contribution in [-0.4, -0.2) is 23.0 Å². The molecule has 1 heterocycles. The van der Waals surface area contributed by atoms with Crippen molar-refractivity contribution in [3.05, 3.63) is 35.0 Å². The molecule has 0 atom stereocenters. The van der Waals surface area contributed by atoms with E-state index in [1.165, 1.54) is 25.3 Å². The minimum atomic E-state index is -0.715. The summed E-state index contributed by atoms with van der Waals surface area (Å²) in [6, 6.07) is 3.87. The molecule has 0 radical (unpaired) electrons. The Bertz CT molecular complexity index is 574. The van der Waals surface area contributed by atoms with Crippen molar-refractivity contribution >= 4 is 28.5 Å². The highest BCUT2D eigenvalue weighted by molar-refractivity contribution is 6.34. The Kier molecular flexibility index (Phi) is 2.70. The van der Waals surface area contributed by atoms with Crippen molar-refractivity contribution in [1.29, 1.82) is 0 Å². The monoisotopic (exact) mass is 240 g/mol. The Labute approximate surface area is 95.0 Å². The van der Waals surface area contributed by atoms with Crippen LogP contribution >= 0.6 is 11.6 Å². The van der Waals surface area contributed by atoms with E-state index in [-0.39, 0.29) is 16.5 Å². The van der Waals surface area contributed by atoms with Gasteiger partial charge in [-0.3, -0.25) is 0 Å². The van der Waals surface area contributed by atoms with Crippen LogP contribution in [0.4, 0.5) is 4.39 Å². The number of carbonyl (C=O) groups is 1. The number of fused-ring (bicyclic) bond motifs is 1. The highest BCUT2D eigenvalue weighted by Gasteiger charge is 2.13. The number of rotatable bonds is 1. The summed E-state index contributed by atoms with van der Waals surface area (Å²) in [4.78, 5) is 18.8. The Morgan fingerprint density at radius 1 is 1.44 bits per heavy atom. The minimum Gasteiger partial charge on any atom is -0.463 e. The van der Waals surface area contributed by atoms with E-state index in [1.807, 2.05) is 0 Å². The number of nitrogens with zero attached hydrogens (tertiary/aromatic N) is 2. The molecule has 0 unspecified atom stereocenters. The fourth-order valence-electron chi connectivity index (χ4n) is 1.25. The Morgan fingerprint density at radius 2 is 2.19 bits per heavy atom. The SMILES string of the molecule is COC(=O)c1nc(Cl)c2ccc(F)cc2n1. The third-order valence-corrected chi connectivity index (χ3v) is 2.27. The lowest BCUT2D eigenvalue weighted by molar-refractivity contribution is 0.0587. The van der Waals surface area contributed by atoms with E-state index in [1.54, 1.807) is 0 Å². The molecule has 0 saturated heterocycles. The van der Waals surface area contributed by atoms with Crippen LogP contribution in [0.25, 0.3) is 10.9 Å². The van der Waals surface area contributed by atoms with Crippen LogP contribution in [0.3, 0.4) is 0 Å². The lowest BCUT2D eigenvalue weighted by Gasteiger charge is -2.02. The first-order valence-electron chi connectivity index (χ1n) is 4.33. The van der Waals surface area contributed by atoms with Gasteiger partial charge in [0.2, 0.25) is 5.82 Å². The standard InChI is InChI=1S/C10H6ClFN2O2/c1-16-10(15)9-13-7-4-5(12)2-3-6(7)8(11)14-9/h2-4H,1H3. The van der Waals surface area contributed by atoms with Gasteiger partial charge in [0.05, 0.1) is 12.6 Å². The molecule has 0 amide bonds. The maximum absolute atomic E-state index is 13.0. The first kappa shape index (κ1) is 10.8. The maximum atomic E-state index is 13.0. The second-order valence-corrected chi connectivity index (χ2v) is 3.35. The largest absolute Gasteiger partial charge is 0.463 e. The molecule has 0 aliphatic rings. The van der Waals surface area contributed by atoms with Gasteiger partial charge in [0.15, 0.2) is 0 Å². The summed E-state index contributed by atoms with van der Waals surface area (Å²) < 4.78 is 17.4. The van der Waals surface area contributed by atoms with Gasteiger partial charge in [-0.05, 0) is 12.1 Å². The Morgan fingerprint density at radius 3 is 2.88 bits per heavy atom. The van der Waals surface area contributed by atoms with Crippen LogP contribution in [-0.2, 0) is 4.74 Å². The summed E-state index contributed by atoms with van der Waals surface area (Å²) >= 11 is 5.83. The van der Waals surface area contributed by atoms with Gasteiger partial charge in [-0.1, -0.05) is 11.6 Å². The lowest BCUT2D eigenvalue weighted by Crippen LogP contribution is -2.07. The van der Waals surface area contributed by atoms with Crippen molar-refractivity contribution < 1.29 is 13.9 Å². The van der Waals surface area contributed by atoms with Crippen LogP contribution in [0.5, 0.6) is 0 Å². The summed E-state index contributed by atoms with van der Waals surface area (Å²) in [5.74, 6) is -1.36. The number of hydrogen-bond donors (Lipinski definition) is 0. The average Bonchev–Trinajstić information content (AvgIpc) is 2.27. The van der Waals surface area contributed by atoms with E-state index in [2.05, 4.69) is 14.7 Å². The minimum absolute atomic E-state index is 0.0883. The number of ether oxygens (including phenoxy) is 1. The first-order chi connectivity index (χ1) is 7.61. The molecule has 1 aromatic heterocycles. The molecule has 82 valence electrons. The molecule has 0 bridgehead atoms. The molecule has 0 fully saturated rings. The van der Waals surface area contributed by atoms with Crippen molar-refractivity contribution in [2.75, 3.05) is 7.11 Å². The average molecular weight is 241 g/mol. The normalized spacial score (nSPS) is 10.4. The highest BCUT2D eigenvalue weighted by atomic mass is 35.5. The van der Waals surface area contributed by atoms with Gasteiger partial charge in [0, 0.05) is 11.5 Å². The number of carbonyl (C=O) groups excluding carboxylic acids is 1. The number of esters is 1. The second kappa shape index (κ2) is 4.02. The van der Waals surface area contributed by atoms with Crippen molar-refractivity contribution in [1.82, 2.24) is 9.97 Å². The zero-order valence-electron chi connectivity index (χ0n) is 8.20. The van der Waals surface area contributed by atoms with Crippen molar-refractivity contribution in [2.45, 2.75) is 0 Å². The molecular weight excluding hydrogens is 235 g/mol. The maximum Gasteiger partial charge on any atom is 0.376 e. The fourth-order valence-corrected chi connectivity index (χ4v) is 1.49. The van der Waals surface area contributed by atoms with Crippen molar-refractivity contribution in [3.8, 4) is 0 Å². The van der Waals surface area contributed by atoms with E-state index in [9.17, 15) is 9.18 Å². The third kappa shape index (κ3) is 1.81. The quantitative estimate of drug-likeness (QED) is 0.566. The van der Waals surface area contributed by atoms with Gasteiger partial charge in [0.1, 0.15) is 11.0 Å². The molecule has 0 saturated carbocycles. The summed E-state index contributed by atoms with van der Waals surface area (Å²) in [5.41, 5.74) is 0.264. The molecule has 2 aromatic rings. The summed E-state index contributed by atoms with van der Waals surface area (Å²) in [6.07, 6.45) is 0. The van der Waals surface area contributed by atoms with E-state index in [0.717, 1.165) is 0 Å². The van der Waals surface area contributed by atoms with Crippen LogP contribution < -0.4 is 0 Å². The van der Waals surface area contributed by atoms with E-state index in [0.29, 0.717) is 5.39 Å². The number of methoxy groups -OCH3 is 1. The zero-order valence-corrected chi connectivity index (χ0v) is 8.95. The van der Waals surface area contributed by atoms with Crippen molar-refractivity contribution in [3.63, 3.8) is 0 Å². The predicted octanol–water partition coefficient (Wildman–Crippen LogP) is 2.21. The number of hydrogen-bond acceptors (Lipinski definition) is 4. The van der Waals surface area contributed by atoms with Gasteiger partial charge in [0.25, 0.3) is 0 Å². The lowest BCUT2D eigenvalue weighted by atomic mass is 10.2. The van der Waals surface area contributed by atoms with Gasteiger partial charge in [-0.2, -0.15) is 0 Å². The molecule has 16 heavy (non-hydrogen) atoms. The molecule has 0 spiro atoms. The number of aromatic nitrogens is 2. The molecule has 2 rings (SSSR count). The highest BCUT2D eigenvalue weighted by Crippen LogP contribution is 2.21. The molecule has 0 aliphatic heterocycles. The van der Waals surface area contributed by atoms with Gasteiger partial charge >= 0.3 is 5.97 Å². The molecule has 0 aliphatic carbocycles. The zero-order chi connectivity index (χ0) is 11.7. The van der Waals surface area contributed by atoms with Gasteiger partial charge in [-0.15, -0.1) is 0 Å². The van der Waals surface area contributed by atoms with Crippen molar-refractivity contribution in [2.24, 2.45) is 0 Å². The Balaban J connectivity index is 2.69. The number of halogens is 2. The summed E-state index contributed by atoms with van der Waals surface area (Å²) in [6.45, 7) is 0. The molecule has 4 nitrogen and oxygen atoms in total. The molecular formula is C10H6ClFN2O2. The van der Waals surface area contributed by atoms with Crippen LogP contribution in [0.2, 0.25) is 5.15 Å². The Hall–Kier alpha value is -1.75.